The molecule has 0 radical (unpaired) electrons. The van der Waals surface area contributed by atoms with Crippen molar-refractivity contribution in [1.82, 2.24) is 14.8 Å². The van der Waals surface area contributed by atoms with E-state index in [1.807, 2.05) is 25.4 Å². The van der Waals surface area contributed by atoms with Gasteiger partial charge in [-0.05, 0) is 18.2 Å². The number of nitrogens with zero attached hydrogens (tertiary/aromatic N) is 3. The molecule has 0 fully saturated rings. The first-order chi connectivity index (χ1) is 7.24. The van der Waals surface area contributed by atoms with Gasteiger partial charge in [-0.1, -0.05) is 0 Å². The minimum absolute atomic E-state index is 0.526. The highest BCUT2D eigenvalue weighted by atomic mass is 15.3. The van der Waals surface area contributed by atoms with Crippen LogP contribution in [0.3, 0.4) is 0 Å². The van der Waals surface area contributed by atoms with Gasteiger partial charge in [-0.15, -0.1) is 0 Å². The molecule has 3 N–H and O–H groups in total. The molecule has 5 nitrogen and oxygen atoms in total. The standard InChI is InChI=1S/C10H13N5/c1-15-5-4-9(14-15)7-12-8-2-3-10(11)13-6-8/h2-6,12H,7H2,1H3,(H2,11,13). The molecule has 2 heterocycles. The van der Waals surface area contributed by atoms with Crippen molar-refractivity contribution in [3.8, 4) is 0 Å². The molecule has 2 rings (SSSR count). The van der Waals surface area contributed by atoms with Crippen molar-refractivity contribution in [2.75, 3.05) is 11.1 Å². The third-order valence-corrected chi connectivity index (χ3v) is 2.03. The zero-order valence-corrected chi connectivity index (χ0v) is 8.51. The van der Waals surface area contributed by atoms with E-state index in [1.165, 1.54) is 0 Å². The molecule has 0 aliphatic carbocycles. The van der Waals surface area contributed by atoms with Gasteiger partial charge in [-0.25, -0.2) is 4.98 Å². The molecule has 0 amide bonds. The number of hydrogen-bond donors (Lipinski definition) is 2. The van der Waals surface area contributed by atoms with E-state index in [4.69, 9.17) is 5.73 Å². The summed E-state index contributed by atoms with van der Waals surface area (Å²) in [4.78, 5) is 3.99. The molecule has 0 aliphatic rings. The van der Waals surface area contributed by atoms with E-state index >= 15 is 0 Å². The van der Waals surface area contributed by atoms with E-state index in [9.17, 15) is 0 Å². The van der Waals surface area contributed by atoms with E-state index in [0.717, 1.165) is 11.4 Å². The zero-order chi connectivity index (χ0) is 10.7. The first kappa shape index (κ1) is 9.51. The maximum absolute atomic E-state index is 5.48. The van der Waals surface area contributed by atoms with Gasteiger partial charge in [0.1, 0.15) is 5.82 Å². The molecule has 2 aromatic heterocycles. The Hall–Kier alpha value is -2.04. The second-order valence-electron chi connectivity index (χ2n) is 3.31. The summed E-state index contributed by atoms with van der Waals surface area (Å²) in [5.74, 6) is 0.526. The first-order valence-electron chi connectivity index (χ1n) is 4.68. The average Bonchev–Trinajstić information content (AvgIpc) is 2.64. The number of hydrogen-bond acceptors (Lipinski definition) is 4. The van der Waals surface area contributed by atoms with Gasteiger partial charge < -0.3 is 11.1 Å². The predicted octanol–water partition coefficient (Wildman–Crippen LogP) is 1.01. The summed E-state index contributed by atoms with van der Waals surface area (Å²) in [5, 5.41) is 7.46. The van der Waals surface area contributed by atoms with Gasteiger partial charge in [0.05, 0.1) is 24.1 Å². The van der Waals surface area contributed by atoms with E-state index in [-0.39, 0.29) is 0 Å². The van der Waals surface area contributed by atoms with Crippen molar-refractivity contribution < 1.29 is 0 Å². The average molecular weight is 203 g/mol. The van der Waals surface area contributed by atoms with Crippen LogP contribution in [0.25, 0.3) is 0 Å². The van der Waals surface area contributed by atoms with Gasteiger partial charge in [0.25, 0.3) is 0 Å². The van der Waals surface area contributed by atoms with Gasteiger partial charge in [-0.2, -0.15) is 5.10 Å². The van der Waals surface area contributed by atoms with Crippen molar-refractivity contribution in [3.05, 3.63) is 36.3 Å². The van der Waals surface area contributed by atoms with Crippen molar-refractivity contribution in [3.63, 3.8) is 0 Å². The summed E-state index contributed by atoms with van der Waals surface area (Å²) < 4.78 is 1.78. The van der Waals surface area contributed by atoms with E-state index in [1.54, 1.807) is 16.9 Å². The lowest BCUT2D eigenvalue weighted by molar-refractivity contribution is 0.747. The van der Waals surface area contributed by atoms with Crippen LogP contribution in [0.5, 0.6) is 0 Å². The summed E-state index contributed by atoms with van der Waals surface area (Å²) in [7, 11) is 1.90. The molecule has 0 unspecified atom stereocenters. The van der Waals surface area contributed by atoms with Crippen LogP contribution in [0, 0.1) is 0 Å². The molecular weight excluding hydrogens is 190 g/mol. The van der Waals surface area contributed by atoms with Crippen LogP contribution < -0.4 is 11.1 Å². The smallest absolute Gasteiger partial charge is 0.123 e. The van der Waals surface area contributed by atoms with Crippen LogP contribution in [0.1, 0.15) is 5.69 Å². The minimum Gasteiger partial charge on any atom is -0.384 e. The molecule has 0 saturated carbocycles. The Balaban J connectivity index is 1.96. The SMILES string of the molecule is Cn1ccc(CNc2ccc(N)nc2)n1. The van der Waals surface area contributed by atoms with E-state index in [0.29, 0.717) is 12.4 Å². The maximum atomic E-state index is 5.48. The topological polar surface area (TPSA) is 68.8 Å². The lowest BCUT2D eigenvalue weighted by atomic mass is 10.3. The van der Waals surface area contributed by atoms with Crippen LogP contribution in [-0.2, 0) is 13.6 Å². The minimum atomic E-state index is 0.526. The largest absolute Gasteiger partial charge is 0.384 e. The van der Waals surface area contributed by atoms with Gasteiger partial charge in [-0.3, -0.25) is 4.68 Å². The van der Waals surface area contributed by atoms with Crippen molar-refractivity contribution in [2.45, 2.75) is 6.54 Å². The maximum Gasteiger partial charge on any atom is 0.123 e. The molecule has 0 saturated heterocycles. The first-order valence-corrected chi connectivity index (χ1v) is 4.68. The van der Waals surface area contributed by atoms with Crippen LogP contribution in [0.15, 0.2) is 30.6 Å². The van der Waals surface area contributed by atoms with Crippen LogP contribution in [-0.4, -0.2) is 14.8 Å². The molecule has 78 valence electrons. The van der Waals surface area contributed by atoms with E-state index < -0.39 is 0 Å². The second kappa shape index (κ2) is 4.00. The Morgan fingerprint density at radius 3 is 2.87 bits per heavy atom. The summed E-state index contributed by atoms with van der Waals surface area (Å²) >= 11 is 0. The van der Waals surface area contributed by atoms with E-state index in [2.05, 4.69) is 15.4 Å². The Morgan fingerprint density at radius 1 is 1.40 bits per heavy atom. The molecule has 0 atom stereocenters. The van der Waals surface area contributed by atoms with Gasteiger partial charge in [0.2, 0.25) is 0 Å². The number of anilines is 2. The number of rotatable bonds is 3. The van der Waals surface area contributed by atoms with Crippen LogP contribution in [0.4, 0.5) is 11.5 Å². The van der Waals surface area contributed by atoms with Gasteiger partial charge in [0.15, 0.2) is 0 Å². The van der Waals surface area contributed by atoms with Gasteiger partial charge >= 0.3 is 0 Å². The zero-order valence-electron chi connectivity index (χ0n) is 8.51. The third-order valence-electron chi connectivity index (χ3n) is 2.03. The molecule has 0 spiro atoms. The Kier molecular flexibility index (Phi) is 2.53. The normalized spacial score (nSPS) is 10.2. The number of pyridine rings is 1. The number of nitrogen functional groups attached to an aromatic ring is 1. The van der Waals surface area contributed by atoms with Crippen molar-refractivity contribution in [1.29, 1.82) is 0 Å². The quantitative estimate of drug-likeness (QED) is 0.781. The molecule has 0 aromatic carbocycles. The summed E-state index contributed by atoms with van der Waals surface area (Å²) in [6, 6.07) is 5.63. The number of aryl methyl sites for hydroxylation is 1. The molecule has 2 aromatic rings. The lowest BCUT2D eigenvalue weighted by Gasteiger charge is -2.03. The fourth-order valence-electron chi connectivity index (χ4n) is 1.26. The monoisotopic (exact) mass is 203 g/mol. The third kappa shape index (κ3) is 2.46. The fraction of sp³-hybridized carbons (Fsp3) is 0.200. The van der Waals surface area contributed by atoms with Crippen LogP contribution >= 0.6 is 0 Å². The predicted molar refractivity (Wildman–Crippen MR) is 59.2 cm³/mol. The highest BCUT2D eigenvalue weighted by Crippen LogP contribution is 2.08. The van der Waals surface area contributed by atoms with Gasteiger partial charge in [0, 0.05) is 13.2 Å². The summed E-state index contributed by atoms with van der Waals surface area (Å²) in [6.45, 7) is 0.687. The number of nitrogens with one attached hydrogen (secondary N) is 1. The molecule has 0 bridgehead atoms. The summed E-state index contributed by atoms with van der Waals surface area (Å²) in [6.07, 6.45) is 3.62. The second-order valence-corrected chi connectivity index (χ2v) is 3.31. The highest BCUT2D eigenvalue weighted by Gasteiger charge is 1.97. The molecular formula is C10H13N5. The molecule has 5 heteroatoms. The summed E-state index contributed by atoms with van der Waals surface area (Å²) in [5.41, 5.74) is 7.42. The fourth-order valence-corrected chi connectivity index (χ4v) is 1.26. The van der Waals surface area contributed by atoms with Crippen molar-refractivity contribution in [2.24, 2.45) is 7.05 Å². The molecule has 15 heavy (non-hydrogen) atoms. The number of nitrogens with two attached hydrogens (primary N) is 1. The lowest BCUT2D eigenvalue weighted by Crippen LogP contribution is -2.01. The van der Waals surface area contributed by atoms with Crippen molar-refractivity contribution >= 4 is 11.5 Å². The molecule has 0 aliphatic heterocycles. The Morgan fingerprint density at radius 2 is 2.27 bits per heavy atom. The highest BCUT2D eigenvalue weighted by molar-refractivity contribution is 5.45. The Bertz CT molecular complexity index is 431. The Labute approximate surface area is 87.9 Å². The van der Waals surface area contributed by atoms with Crippen LogP contribution in [0.2, 0.25) is 0 Å². The number of aromatic nitrogens is 3.